The lowest BCUT2D eigenvalue weighted by atomic mass is 10.1. The first kappa shape index (κ1) is 12.2. The van der Waals surface area contributed by atoms with Crippen LogP contribution in [0.2, 0.25) is 0 Å². The second-order valence-corrected chi connectivity index (χ2v) is 4.13. The molecule has 0 aliphatic heterocycles. The number of fused-ring (bicyclic) bond motifs is 1. The molecule has 5 heteroatoms. The summed E-state index contributed by atoms with van der Waals surface area (Å²) < 4.78 is 0. The van der Waals surface area contributed by atoms with Gasteiger partial charge in [-0.15, -0.1) is 0 Å². The van der Waals surface area contributed by atoms with Crippen molar-refractivity contribution >= 4 is 28.2 Å². The third-order valence-electron chi connectivity index (χ3n) is 2.67. The number of nitrogens with one attached hydrogen (secondary N) is 1. The van der Waals surface area contributed by atoms with E-state index in [1.165, 1.54) is 0 Å². The van der Waals surface area contributed by atoms with Crippen molar-refractivity contribution in [2.75, 3.05) is 17.6 Å². The fourth-order valence-electron chi connectivity index (χ4n) is 1.85. The molecule has 0 bridgehead atoms. The topological polar surface area (TPSA) is 88.2 Å². The average molecular weight is 245 g/mol. The first-order valence-corrected chi connectivity index (χ1v) is 5.69. The molecule has 1 heterocycles. The minimum Gasteiger partial charge on any atom is -0.481 e. The van der Waals surface area contributed by atoms with E-state index in [1.807, 2.05) is 31.2 Å². The Bertz CT molecular complexity index is 596. The number of nitrogen functional groups attached to an aromatic ring is 1. The van der Waals surface area contributed by atoms with Crippen molar-refractivity contribution < 1.29 is 9.90 Å². The second kappa shape index (κ2) is 4.91. The number of aromatic nitrogens is 1. The summed E-state index contributed by atoms with van der Waals surface area (Å²) in [6, 6.07) is 7.54. The van der Waals surface area contributed by atoms with Gasteiger partial charge in [-0.2, -0.15) is 0 Å². The highest BCUT2D eigenvalue weighted by Gasteiger charge is 2.06. The highest BCUT2D eigenvalue weighted by Crippen LogP contribution is 2.26. The molecule has 4 N–H and O–H groups in total. The number of carbonyl (C=O) groups is 1. The maximum absolute atomic E-state index is 10.5. The van der Waals surface area contributed by atoms with Crippen LogP contribution in [-0.4, -0.2) is 22.6 Å². The number of aliphatic carboxylic acids is 1. The molecular formula is C13H15N3O2. The minimum atomic E-state index is -0.834. The number of carboxylic acids is 1. The summed E-state index contributed by atoms with van der Waals surface area (Å²) in [5.74, 6) is -0.155. The molecule has 18 heavy (non-hydrogen) atoms. The molecular weight excluding hydrogens is 230 g/mol. The maximum atomic E-state index is 10.5. The van der Waals surface area contributed by atoms with E-state index in [4.69, 9.17) is 10.8 Å². The Morgan fingerprint density at radius 1 is 1.44 bits per heavy atom. The molecule has 0 aliphatic carbocycles. The van der Waals surface area contributed by atoms with Gasteiger partial charge < -0.3 is 16.2 Å². The second-order valence-electron chi connectivity index (χ2n) is 4.13. The average Bonchev–Trinajstić information content (AvgIpc) is 2.30. The van der Waals surface area contributed by atoms with E-state index in [0.29, 0.717) is 18.1 Å². The number of hydrogen-bond donors (Lipinski definition) is 3. The normalized spacial score (nSPS) is 10.5. The zero-order chi connectivity index (χ0) is 13.1. The van der Waals surface area contributed by atoms with E-state index >= 15 is 0 Å². The Kier molecular flexibility index (Phi) is 3.32. The molecule has 0 amide bonds. The van der Waals surface area contributed by atoms with Crippen LogP contribution < -0.4 is 11.1 Å². The molecule has 0 aliphatic rings. The van der Waals surface area contributed by atoms with Gasteiger partial charge in [0.1, 0.15) is 5.82 Å². The third-order valence-corrected chi connectivity index (χ3v) is 2.67. The SMILES string of the molecule is Cc1cc2c(N)cccc2c(NCCC(=O)O)n1. The van der Waals surface area contributed by atoms with E-state index < -0.39 is 5.97 Å². The number of aryl methyl sites for hydroxylation is 1. The highest BCUT2D eigenvalue weighted by atomic mass is 16.4. The van der Waals surface area contributed by atoms with Crippen LogP contribution in [0.25, 0.3) is 10.8 Å². The van der Waals surface area contributed by atoms with Crippen molar-refractivity contribution in [1.82, 2.24) is 4.98 Å². The molecule has 0 spiro atoms. The Labute approximate surface area is 105 Å². The summed E-state index contributed by atoms with van der Waals surface area (Å²) in [6.07, 6.45) is 0.0550. The molecule has 0 saturated carbocycles. The lowest BCUT2D eigenvalue weighted by Crippen LogP contribution is -2.09. The van der Waals surface area contributed by atoms with E-state index in [0.717, 1.165) is 16.5 Å². The van der Waals surface area contributed by atoms with Crippen LogP contribution in [0, 0.1) is 6.92 Å². The molecule has 0 unspecified atom stereocenters. The number of nitrogens with zero attached hydrogens (tertiary/aromatic N) is 1. The van der Waals surface area contributed by atoms with Gasteiger partial charge in [-0.05, 0) is 19.1 Å². The molecule has 0 radical (unpaired) electrons. The molecule has 2 aromatic rings. The Morgan fingerprint density at radius 2 is 2.22 bits per heavy atom. The summed E-state index contributed by atoms with van der Waals surface area (Å²) in [6.45, 7) is 2.23. The van der Waals surface area contributed by atoms with Crippen LogP contribution in [0.1, 0.15) is 12.1 Å². The lowest BCUT2D eigenvalue weighted by Gasteiger charge is -2.10. The maximum Gasteiger partial charge on any atom is 0.305 e. The van der Waals surface area contributed by atoms with E-state index in [1.54, 1.807) is 0 Å². The summed E-state index contributed by atoms with van der Waals surface area (Å²) >= 11 is 0. The molecule has 0 atom stereocenters. The number of anilines is 2. The van der Waals surface area contributed by atoms with Crippen LogP contribution in [-0.2, 0) is 4.79 Å². The van der Waals surface area contributed by atoms with Gasteiger partial charge in [0.05, 0.1) is 6.42 Å². The number of rotatable bonds is 4. The van der Waals surface area contributed by atoms with Crippen molar-refractivity contribution in [3.63, 3.8) is 0 Å². The zero-order valence-corrected chi connectivity index (χ0v) is 10.1. The Balaban J connectivity index is 2.37. The summed E-state index contributed by atoms with van der Waals surface area (Å²) in [4.78, 5) is 14.9. The Hall–Kier alpha value is -2.30. The number of nitrogens with two attached hydrogens (primary N) is 1. The van der Waals surface area contributed by atoms with E-state index in [9.17, 15) is 4.79 Å². The summed E-state index contributed by atoms with van der Waals surface area (Å²) in [5, 5.41) is 13.5. The van der Waals surface area contributed by atoms with Crippen LogP contribution in [0.4, 0.5) is 11.5 Å². The van der Waals surface area contributed by atoms with Crippen molar-refractivity contribution in [1.29, 1.82) is 0 Å². The van der Waals surface area contributed by atoms with Crippen molar-refractivity contribution in [2.45, 2.75) is 13.3 Å². The lowest BCUT2D eigenvalue weighted by molar-refractivity contribution is -0.136. The number of benzene rings is 1. The molecule has 0 saturated heterocycles. The predicted octanol–water partition coefficient (Wildman–Crippen LogP) is 2.01. The molecule has 2 rings (SSSR count). The van der Waals surface area contributed by atoms with Gasteiger partial charge in [-0.25, -0.2) is 4.98 Å². The third kappa shape index (κ3) is 2.51. The standard InChI is InChI=1S/C13H15N3O2/c1-8-7-10-9(3-2-4-11(10)14)13(16-8)15-6-5-12(17)18/h2-4,7H,5-6,14H2,1H3,(H,15,16)(H,17,18). The molecule has 0 fully saturated rings. The predicted molar refractivity (Wildman–Crippen MR) is 71.6 cm³/mol. The molecule has 94 valence electrons. The smallest absolute Gasteiger partial charge is 0.305 e. The van der Waals surface area contributed by atoms with Gasteiger partial charge in [0, 0.05) is 28.7 Å². The fraction of sp³-hybridized carbons (Fsp3) is 0.231. The van der Waals surface area contributed by atoms with Gasteiger partial charge in [-0.3, -0.25) is 4.79 Å². The minimum absolute atomic E-state index is 0.0550. The molecule has 1 aromatic heterocycles. The van der Waals surface area contributed by atoms with Crippen molar-refractivity contribution in [3.8, 4) is 0 Å². The van der Waals surface area contributed by atoms with Crippen molar-refractivity contribution in [3.05, 3.63) is 30.0 Å². The first-order chi connectivity index (χ1) is 8.58. The van der Waals surface area contributed by atoms with Crippen LogP contribution in [0.3, 0.4) is 0 Å². The highest BCUT2D eigenvalue weighted by molar-refractivity contribution is 5.99. The zero-order valence-electron chi connectivity index (χ0n) is 10.1. The summed E-state index contributed by atoms with van der Waals surface area (Å²) in [7, 11) is 0. The van der Waals surface area contributed by atoms with E-state index in [2.05, 4.69) is 10.3 Å². The van der Waals surface area contributed by atoms with Crippen molar-refractivity contribution in [2.24, 2.45) is 0 Å². The van der Waals surface area contributed by atoms with Gasteiger partial charge in [0.2, 0.25) is 0 Å². The van der Waals surface area contributed by atoms with E-state index in [-0.39, 0.29) is 6.42 Å². The van der Waals surface area contributed by atoms with Gasteiger partial charge in [-0.1, -0.05) is 12.1 Å². The number of pyridine rings is 1. The number of hydrogen-bond acceptors (Lipinski definition) is 4. The Morgan fingerprint density at radius 3 is 2.94 bits per heavy atom. The quantitative estimate of drug-likeness (QED) is 0.717. The van der Waals surface area contributed by atoms with Gasteiger partial charge >= 0.3 is 5.97 Å². The fourth-order valence-corrected chi connectivity index (χ4v) is 1.85. The first-order valence-electron chi connectivity index (χ1n) is 5.69. The summed E-state index contributed by atoms with van der Waals surface area (Å²) in [5.41, 5.74) is 7.46. The molecule has 1 aromatic carbocycles. The van der Waals surface area contributed by atoms with Crippen LogP contribution >= 0.6 is 0 Å². The largest absolute Gasteiger partial charge is 0.481 e. The molecule has 5 nitrogen and oxygen atoms in total. The monoisotopic (exact) mass is 245 g/mol. The van der Waals surface area contributed by atoms with Gasteiger partial charge in [0.25, 0.3) is 0 Å². The number of carboxylic acid groups (broad SMARTS) is 1. The van der Waals surface area contributed by atoms with Gasteiger partial charge in [0.15, 0.2) is 0 Å². The van der Waals surface area contributed by atoms with Crippen LogP contribution in [0.15, 0.2) is 24.3 Å². The van der Waals surface area contributed by atoms with Crippen LogP contribution in [0.5, 0.6) is 0 Å².